The minimum absolute atomic E-state index is 0.0881. The van der Waals surface area contributed by atoms with Gasteiger partial charge >= 0.3 is 5.76 Å². The van der Waals surface area contributed by atoms with E-state index in [1.807, 2.05) is 26.0 Å². The van der Waals surface area contributed by atoms with Crippen LogP contribution in [-0.4, -0.2) is 29.2 Å². The molecule has 0 radical (unpaired) electrons. The van der Waals surface area contributed by atoms with E-state index in [-0.39, 0.29) is 6.10 Å². The normalized spacial score (nSPS) is 16.9. The molecule has 0 saturated carbocycles. The monoisotopic (exact) mass is 476 g/mol. The number of nitrogens with zero attached hydrogens (tertiary/aromatic N) is 2. The molecule has 0 spiro atoms. The predicted octanol–water partition coefficient (Wildman–Crippen LogP) is 2.86. The van der Waals surface area contributed by atoms with E-state index in [1.165, 1.54) is 0 Å². The van der Waals surface area contributed by atoms with Gasteiger partial charge in [-0.1, -0.05) is 19.0 Å². The average Bonchev–Trinajstić information content (AvgIpc) is 3.02. The van der Waals surface area contributed by atoms with E-state index >= 15 is 0 Å². The van der Waals surface area contributed by atoms with Crippen LogP contribution in [0.1, 0.15) is 26.1 Å². The smallest absolute Gasteiger partial charge is 0.438 e. The van der Waals surface area contributed by atoms with Crippen LogP contribution in [0.15, 0.2) is 27.5 Å². The number of benzene rings is 1. The number of hydrogen-bond donors (Lipinski definition) is 2. The molecule has 2 N–H and O–H groups in total. The number of carbonyl (C=O) groups is 1. The fourth-order valence-corrected chi connectivity index (χ4v) is 4.39. The summed E-state index contributed by atoms with van der Waals surface area (Å²) in [5.41, 5.74) is 1.22. The van der Waals surface area contributed by atoms with Crippen LogP contribution in [0, 0.1) is 0 Å². The van der Waals surface area contributed by atoms with Crippen LogP contribution in [0.4, 0.5) is 11.4 Å². The van der Waals surface area contributed by atoms with Crippen LogP contribution in [0.25, 0.3) is 0 Å². The lowest BCUT2D eigenvalue weighted by Crippen LogP contribution is -2.40. The number of halogens is 1. The Kier molecular flexibility index (Phi) is 5.27. The Bertz CT molecular complexity index is 822. The molecule has 0 fully saturated rings. The number of anilines is 2. The van der Waals surface area contributed by atoms with Crippen molar-refractivity contribution in [3.8, 4) is 5.75 Å². The average molecular weight is 476 g/mol. The van der Waals surface area contributed by atoms with Gasteiger partial charge in [0.2, 0.25) is 6.41 Å². The maximum atomic E-state index is 11.2. The Morgan fingerprint density at radius 1 is 1.56 bits per heavy atom. The summed E-state index contributed by atoms with van der Waals surface area (Å²) in [5.74, 6) is 0.699. The van der Waals surface area contributed by atoms with Gasteiger partial charge in [0.25, 0.3) is 0 Å². The number of aromatic nitrogens is 2. The van der Waals surface area contributed by atoms with Crippen molar-refractivity contribution in [2.75, 3.05) is 16.2 Å². The molecule has 2 aromatic rings. The summed E-state index contributed by atoms with van der Waals surface area (Å²) in [4.78, 5) is 24.5. The van der Waals surface area contributed by atoms with Gasteiger partial charge in [0.05, 0.1) is 12.2 Å². The lowest BCUT2D eigenvalue weighted by atomic mass is 9.85. The molecule has 10 heteroatoms. The summed E-state index contributed by atoms with van der Waals surface area (Å²) >= 11 is 2.22. The van der Waals surface area contributed by atoms with E-state index in [0.717, 1.165) is 11.4 Å². The molecule has 1 aromatic carbocycles. The summed E-state index contributed by atoms with van der Waals surface area (Å²) in [7, 11) is 1.56. The Morgan fingerprint density at radius 2 is 2.36 bits per heavy atom. The van der Waals surface area contributed by atoms with Crippen LogP contribution < -0.4 is 20.1 Å². The van der Waals surface area contributed by atoms with Crippen LogP contribution >= 0.6 is 30.3 Å². The van der Waals surface area contributed by atoms with Crippen LogP contribution in [0.2, 0.25) is 0 Å². The first kappa shape index (κ1) is 18.1. The quantitative estimate of drug-likeness (QED) is 0.376. The van der Waals surface area contributed by atoms with Gasteiger partial charge in [-0.25, -0.2) is 4.79 Å². The van der Waals surface area contributed by atoms with E-state index in [2.05, 4.69) is 45.5 Å². The molecule has 3 rings (SSSR count). The third-order valence-corrected chi connectivity index (χ3v) is 5.96. The Balaban J connectivity index is 1.81. The number of H-pyrrole nitrogens is 1. The summed E-state index contributed by atoms with van der Waals surface area (Å²) in [6.07, 6.45) is 1.21. The second-order valence-corrected chi connectivity index (χ2v) is 8.11. The molecular weight excluding hydrogens is 459 g/mol. The predicted molar refractivity (Wildman–Crippen MR) is 104 cm³/mol. The van der Waals surface area contributed by atoms with Crippen molar-refractivity contribution in [2.45, 2.75) is 31.8 Å². The molecule has 25 heavy (non-hydrogen) atoms. The van der Waals surface area contributed by atoms with E-state index in [0.29, 0.717) is 30.9 Å². The fraction of sp³-hybridized carbons (Fsp3) is 0.400. The zero-order chi connectivity index (χ0) is 18.0. The van der Waals surface area contributed by atoms with Gasteiger partial charge in [-0.05, 0) is 24.6 Å². The number of amides is 1. The van der Waals surface area contributed by atoms with Gasteiger partial charge in [-0.2, -0.15) is 0 Å². The van der Waals surface area contributed by atoms with E-state index in [4.69, 9.17) is 4.74 Å². The van der Waals surface area contributed by atoms with Crippen LogP contribution in [0.3, 0.4) is 0 Å². The van der Waals surface area contributed by atoms with Gasteiger partial charge in [-0.15, -0.1) is 0 Å². The van der Waals surface area contributed by atoms with Crippen LogP contribution in [-0.2, 0) is 10.2 Å². The molecule has 134 valence electrons. The Labute approximate surface area is 160 Å². The highest BCUT2D eigenvalue weighted by Crippen LogP contribution is 2.42. The first-order valence-electron chi connectivity index (χ1n) is 7.56. The summed E-state index contributed by atoms with van der Waals surface area (Å²) in [5, 5.41) is 6.46. The summed E-state index contributed by atoms with van der Waals surface area (Å²) in [6.45, 7) is 4.63. The van der Waals surface area contributed by atoms with Crippen molar-refractivity contribution >= 4 is 48.1 Å². The minimum atomic E-state index is -0.558. The molecule has 8 nitrogen and oxygen atoms in total. The molecule has 1 amide bonds. The lowest BCUT2D eigenvalue weighted by molar-refractivity contribution is -0.105. The molecule has 1 atom stereocenters. The molecule has 1 aliphatic heterocycles. The minimum Gasteiger partial charge on any atom is -0.486 e. The summed E-state index contributed by atoms with van der Waals surface area (Å²) in [6, 6.07) is 5.52. The standard InChI is InChI=1S/C15H17IN4O4S/c1-15(2,13-18-14(22)24-19-13)6-10-7-20(25-16)11-5-9(17-8-21)3-4-12(11)23-10/h3-5,8,10H,6-7H2,1-2H3,(H,17,21)(H,18,19,22). The van der Waals surface area contributed by atoms with Gasteiger partial charge in [0.1, 0.15) is 11.9 Å². The maximum Gasteiger partial charge on any atom is 0.438 e. The number of carbonyl (C=O) groups excluding carboxylic acids is 1. The van der Waals surface area contributed by atoms with E-state index < -0.39 is 11.2 Å². The number of aromatic amines is 1. The Morgan fingerprint density at radius 3 is 3.00 bits per heavy atom. The zero-order valence-corrected chi connectivity index (χ0v) is 16.6. The third kappa shape index (κ3) is 3.94. The van der Waals surface area contributed by atoms with Gasteiger partial charge < -0.3 is 14.4 Å². The van der Waals surface area contributed by atoms with Crippen molar-refractivity contribution in [3.63, 3.8) is 0 Å². The van der Waals surface area contributed by atoms with Gasteiger partial charge in [0, 0.05) is 41.4 Å². The largest absolute Gasteiger partial charge is 0.486 e. The molecule has 0 bridgehead atoms. The number of fused-ring (bicyclic) bond motifs is 1. The summed E-state index contributed by atoms with van der Waals surface area (Å²) < 4.78 is 12.9. The Hall–Kier alpha value is -1.69. The van der Waals surface area contributed by atoms with E-state index in [9.17, 15) is 9.59 Å². The van der Waals surface area contributed by atoms with Crippen molar-refractivity contribution in [1.82, 2.24) is 10.1 Å². The lowest BCUT2D eigenvalue weighted by Gasteiger charge is -2.37. The molecule has 2 heterocycles. The highest BCUT2D eigenvalue weighted by molar-refractivity contribution is 14.2. The second kappa shape index (κ2) is 7.28. The highest BCUT2D eigenvalue weighted by Gasteiger charge is 2.34. The first-order valence-corrected chi connectivity index (χ1v) is 10.9. The van der Waals surface area contributed by atoms with Crippen LogP contribution in [0.5, 0.6) is 5.75 Å². The van der Waals surface area contributed by atoms with Gasteiger partial charge in [-0.3, -0.25) is 14.3 Å². The third-order valence-electron chi connectivity index (χ3n) is 4.02. The SMILES string of the molecule is CC(C)(CC1CN(SI)c2cc(NC=O)ccc2O1)c1noc(=O)[nH]1. The number of ether oxygens (including phenoxy) is 1. The van der Waals surface area contributed by atoms with Crippen molar-refractivity contribution in [3.05, 3.63) is 34.6 Å². The molecule has 0 aliphatic carbocycles. The van der Waals surface area contributed by atoms with Crippen molar-refractivity contribution in [2.24, 2.45) is 0 Å². The molecular formula is C15H17IN4O4S. The zero-order valence-electron chi connectivity index (χ0n) is 13.6. The molecule has 0 saturated heterocycles. The molecule has 1 aromatic heterocycles. The first-order chi connectivity index (χ1) is 11.9. The highest BCUT2D eigenvalue weighted by atomic mass is 127. The topological polar surface area (TPSA) is 100 Å². The fourth-order valence-electron chi connectivity index (χ4n) is 2.83. The second-order valence-electron chi connectivity index (χ2n) is 6.35. The van der Waals surface area contributed by atoms with Crippen molar-refractivity contribution < 1.29 is 14.1 Å². The maximum absolute atomic E-state index is 11.2. The van der Waals surface area contributed by atoms with Crippen molar-refractivity contribution in [1.29, 1.82) is 0 Å². The van der Waals surface area contributed by atoms with Gasteiger partial charge in [0.15, 0.2) is 5.82 Å². The molecule has 1 unspecified atom stereocenters. The van der Waals surface area contributed by atoms with E-state index in [1.54, 1.807) is 15.2 Å². The number of nitrogens with one attached hydrogen (secondary N) is 2. The molecule has 1 aliphatic rings. The number of hydrogen-bond acceptors (Lipinski definition) is 7. The number of rotatable bonds is 6.